The van der Waals surface area contributed by atoms with E-state index in [1.165, 1.54) is 14.2 Å². The van der Waals surface area contributed by atoms with Gasteiger partial charge in [0.2, 0.25) is 5.91 Å². The maximum Gasteiger partial charge on any atom is 0.256 e. The van der Waals surface area contributed by atoms with Crippen LogP contribution in [0.25, 0.3) is 0 Å². The second-order valence-corrected chi connectivity index (χ2v) is 7.27. The quantitative estimate of drug-likeness (QED) is 0.750. The van der Waals surface area contributed by atoms with Crippen LogP contribution in [0, 0.1) is 11.8 Å². The fourth-order valence-corrected chi connectivity index (χ4v) is 4.14. The van der Waals surface area contributed by atoms with Crippen LogP contribution in [-0.2, 0) is 4.79 Å². The minimum absolute atomic E-state index is 0. The SMILES string of the molecule is COc1cc(NC(=O)[C@@H]2CCC[C@@H]2CN)c(C(=O)N2CCCC2)cc1OC.Cl. The van der Waals surface area contributed by atoms with Crippen molar-refractivity contribution in [3.63, 3.8) is 0 Å². The molecule has 1 aromatic rings. The highest BCUT2D eigenvalue weighted by Gasteiger charge is 2.33. The van der Waals surface area contributed by atoms with Crippen LogP contribution in [0.3, 0.4) is 0 Å². The molecule has 0 aromatic heterocycles. The Hall–Kier alpha value is -1.99. The van der Waals surface area contributed by atoms with Crippen LogP contribution in [0.2, 0.25) is 0 Å². The van der Waals surface area contributed by atoms with E-state index in [0.29, 0.717) is 29.3 Å². The highest BCUT2D eigenvalue weighted by molar-refractivity contribution is 6.05. The Morgan fingerprint density at radius 2 is 1.75 bits per heavy atom. The number of rotatable bonds is 6. The van der Waals surface area contributed by atoms with E-state index in [1.54, 1.807) is 12.1 Å². The van der Waals surface area contributed by atoms with Crippen molar-refractivity contribution < 1.29 is 19.1 Å². The van der Waals surface area contributed by atoms with E-state index in [1.807, 2.05) is 4.90 Å². The number of ether oxygens (including phenoxy) is 2. The number of nitrogens with one attached hydrogen (secondary N) is 1. The molecule has 1 saturated heterocycles. The molecule has 1 aromatic carbocycles. The third kappa shape index (κ3) is 4.52. The van der Waals surface area contributed by atoms with Gasteiger partial charge in [-0.05, 0) is 44.2 Å². The van der Waals surface area contributed by atoms with Crippen molar-refractivity contribution in [3.8, 4) is 11.5 Å². The smallest absolute Gasteiger partial charge is 0.256 e. The van der Waals surface area contributed by atoms with E-state index in [0.717, 1.165) is 45.2 Å². The standard InChI is InChI=1S/C20H29N3O4.ClH/c1-26-17-10-15(20(25)23-8-3-4-9-23)16(11-18(17)27-2)22-19(24)14-7-5-6-13(14)12-21;/h10-11,13-14H,3-9,12,21H2,1-2H3,(H,22,24);1H/t13-,14-;/m1./s1. The maximum absolute atomic E-state index is 13.0. The van der Waals surface area contributed by atoms with E-state index < -0.39 is 0 Å². The Morgan fingerprint density at radius 3 is 2.36 bits per heavy atom. The zero-order chi connectivity index (χ0) is 19.4. The Kier molecular flexibility index (Phi) is 7.95. The van der Waals surface area contributed by atoms with Crippen LogP contribution < -0.4 is 20.5 Å². The summed E-state index contributed by atoms with van der Waals surface area (Å²) < 4.78 is 10.7. The Labute approximate surface area is 172 Å². The second kappa shape index (κ2) is 9.98. The number of benzene rings is 1. The Bertz CT molecular complexity index is 707. The number of likely N-dealkylation sites (tertiary alicyclic amines) is 1. The largest absolute Gasteiger partial charge is 0.493 e. The average Bonchev–Trinajstić information content (AvgIpc) is 3.38. The molecule has 0 radical (unpaired) electrons. The fourth-order valence-electron chi connectivity index (χ4n) is 4.14. The molecule has 0 bridgehead atoms. The first kappa shape index (κ1) is 22.3. The summed E-state index contributed by atoms with van der Waals surface area (Å²) in [5, 5.41) is 2.97. The van der Waals surface area contributed by atoms with Gasteiger partial charge in [-0.15, -0.1) is 12.4 Å². The third-order valence-corrected chi connectivity index (χ3v) is 5.70. The summed E-state index contributed by atoms with van der Waals surface area (Å²) in [6, 6.07) is 3.33. The number of hydrogen-bond donors (Lipinski definition) is 2. The highest BCUT2D eigenvalue weighted by atomic mass is 35.5. The van der Waals surface area contributed by atoms with Gasteiger partial charge in [-0.1, -0.05) is 6.42 Å². The normalized spacial score (nSPS) is 21.2. The molecule has 3 N–H and O–H groups in total. The second-order valence-electron chi connectivity index (χ2n) is 7.27. The first-order valence-corrected chi connectivity index (χ1v) is 9.65. The maximum atomic E-state index is 13.0. The van der Waals surface area contributed by atoms with Gasteiger partial charge in [0, 0.05) is 25.1 Å². The number of nitrogens with two attached hydrogens (primary N) is 1. The average molecular weight is 412 g/mol. The molecule has 1 aliphatic heterocycles. The number of hydrogen-bond acceptors (Lipinski definition) is 5. The molecule has 8 heteroatoms. The van der Waals surface area contributed by atoms with E-state index in [2.05, 4.69) is 5.32 Å². The number of amides is 2. The zero-order valence-corrected chi connectivity index (χ0v) is 17.3. The van der Waals surface area contributed by atoms with Crippen LogP contribution in [0.5, 0.6) is 11.5 Å². The van der Waals surface area contributed by atoms with Crippen LogP contribution >= 0.6 is 12.4 Å². The number of anilines is 1. The molecule has 28 heavy (non-hydrogen) atoms. The number of halogens is 1. The van der Waals surface area contributed by atoms with Gasteiger partial charge in [-0.2, -0.15) is 0 Å². The minimum atomic E-state index is -0.113. The molecule has 2 aliphatic rings. The molecule has 156 valence electrons. The van der Waals surface area contributed by atoms with Crippen molar-refractivity contribution in [2.75, 3.05) is 39.2 Å². The van der Waals surface area contributed by atoms with Gasteiger partial charge in [0.15, 0.2) is 11.5 Å². The Morgan fingerprint density at radius 1 is 1.11 bits per heavy atom. The predicted molar refractivity (Wildman–Crippen MR) is 110 cm³/mol. The van der Waals surface area contributed by atoms with E-state index in [4.69, 9.17) is 15.2 Å². The zero-order valence-electron chi connectivity index (χ0n) is 16.5. The van der Waals surface area contributed by atoms with Crippen molar-refractivity contribution in [1.29, 1.82) is 0 Å². The minimum Gasteiger partial charge on any atom is -0.493 e. The van der Waals surface area contributed by atoms with Crippen molar-refractivity contribution in [1.82, 2.24) is 4.90 Å². The first-order chi connectivity index (χ1) is 13.1. The van der Waals surface area contributed by atoms with E-state index >= 15 is 0 Å². The molecule has 1 heterocycles. The lowest BCUT2D eigenvalue weighted by atomic mass is 9.95. The van der Waals surface area contributed by atoms with Gasteiger partial charge in [0.1, 0.15) is 0 Å². The van der Waals surface area contributed by atoms with Gasteiger partial charge in [-0.3, -0.25) is 9.59 Å². The summed E-state index contributed by atoms with van der Waals surface area (Å²) in [6.45, 7) is 1.97. The first-order valence-electron chi connectivity index (χ1n) is 9.65. The van der Waals surface area contributed by atoms with Gasteiger partial charge >= 0.3 is 0 Å². The number of carbonyl (C=O) groups is 2. The monoisotopic (exact) mass is 411 g/mol. The molecule has 7 nitrogen and oxygen atoms in total. The molecule has 3 rings (SSSR count). The van der Waals surface area contributed by atoms with Crippen LogP contribution in [-0.4, -0.2) is 50.6 Å². The summed E-state index contributed by atoms with van der Waals surface area (Å²) in [5.74, 6) is 0.864. The molecule has 2 amide bonds. The molecule has 0 spiro atoms. The molecule has 2 atom stereocenters. The summed E-state index contributed by atoms with van der Waals surface area (Å²) >= 11 is 0. The fraction of sp³-hybridized carbons (Fsp3) is 0.600. The van der Waals surface area contributed by atoms with E-state index in [-0.39, 0.29) is 36.1 Å². The number of methoxy groups -OCH3 is 2. The van der Waals surface area contributed by atoms with Gasteiger partial charge in [0.05, 0.1) is 25.5 Å². The van der Waals surface area contributed by atoms with Crippen LogP contribution in [0.15, 0.2) is 12.1 Å². The van der Waals surface area contributed by atoms with Crippen LogP contribution in [0.1, 0.15) is 42.5 Å². The third-order valence-electron chi connectivity index (χ3n) is 5.70. The summed E-state index contributed by atoms with van der Waals surface area (Å²) in [5.41, 5.74) is 6.73. The number of carbonyl (C=O) groups excluding carboxylic acids is 2. The molecular formula is C20H30ClN3O4. The molecular weight excluding hydrogens is 382 g/mol. The van der Waals surface area contributed by atoms with Crippen molar-refractivity contribution in [2.24, 2.45) is 17.6 Å². The van der Waals surface area contributed by atoms with Crippen molar-refractivity contribution >= 4 is 29.9 Å². The summed E-state index contributed by atoms with van der Waals surface area (Å²) in [4.78, 5) is 27.7. The van der Waals surface area contributed by atoms with Gasteiger partial charge in [0.25, 0.3) is 5.91 Å². The predicted octanol–water partition coefficient (Wildman–Crippen LogP) is 2.68. The molecule has 1 aliphatic carbocycles. The Balaban J connectivity index is 0.00000280. The van der Waals surface area contributed by atoms with Crippen molar-refractivity contribution in [2.45, 2.75) is 32.1 Å². The van der Waals surface area contributed by atoms with Gasteiger partial charge in [-0.25, -0.2) is 0 Å². The van der Waals surface area contributed by atoms with Crippen LogP contribution in [0.4, 0.5) is 5.69 Å². The van der Waals surface area contributed by atoms with Crippen molar-refractivity contribution in [3.05, 3.63) is 17.7 Å². The lowest BCUT2D eigenvalue weighted by molar-refractivity contribution is -0.120. The molecule has 1 saturated carbocycles. The molecule has 2 fully saturated rings. The lowest BCUT2D eigenvalue weighted by Gasteiger charge is -2.22. The lowest BCUT2D eigenvalue weighted by Crippen LogP contribution is -2.32. The topological polar surface area (TPSA) is 93.9 Å². The van der Waals surface area contributed by atoms with E-state index in [9.17, 15) is 9.59 Å². The van der Waals surface area contributed by atoms with Gasteiger partial charge < -0.3 is 25.4 Å². The summed E-state index contributed by atoms with van der Waals surface area (Å²) in [6.07, 6.45) is 4.81. The number of nitrogens with zero attached hydrogens (tertiary/aromatic N) is 1. The summed E-state index contributed by atoms with van der Waals surface area (Å²) in [7, 11) is 3.07. The highest BCUT2D eigenvalue weighted by Crippen LogP contribution is 2.36. The molecule has 0 unspecified atom stereocenters.